The molecule has 1 aromatic heterocycles. The minimum atomic E-state index is -0.717. The molecular weight excluding hydrogens is 228 g/mol. The highest BCUT2D eigenvalue weighted by Crippen LogP contribution is 2.08. The molecule has 0 bridgehead atoms. The molecule has 1 aromatic rings. The Morgan fingerprint density at radius 1 is 1.47 bits per heavy atom. The Hall–Kier alpha value is -2.51. The van der Waals surface area contributed by atoms with Gasteiger partial charge in [-0.2, -0.15) is 0 Å². The fraction of sp³-hybridized carbons (Fsp3) is 0.222. The van der Waals surface area contributed by atoms with Gasteiger partial charge in [-0.05, 0) is 13.0 Å². The predicted octanol–water partition coefficient (Wildman–Crippen LogP) is 0.449. The van der Waals surface area contributed by atoms with Crippen LogP contribution in [0, 0.1) is 10.1 Å². The van der Waals surface area contributed by atoms with Crippen molar-refractivity contribution >= 4 is 17.6 Å². The summed E-state index contributed by atoms with van der Waals surface area (Å²) in [6.45, 7) is 2.08. The van der Waals surface area contributed by atoms with Gasteiger partial charge in [-0.15, -0.1) is 0 Å². The number of rotatable bonds is 3. The van der Waals surface area contributed by atoms with Crippen molar-refractivity contribution in [3.05, 3.63) is 34.1 Å². The molecule has 17 heavy (non-hydrogen) atoms. The number of nitrogens with one attached hydrogen (secondary N) is 2. The van der Waals surface area contributed by atoms with E-state index in [9.17, 15) is 19.7 Å². The first-order chi connectivity index (χ1) is 8.04. The van der Waals surface area contributed by atoms with E-state index in [1.165, 1.54) is 6.07 Å². The van der Waals surface area contributed by atoms with Gasteiger partial charge >= 0.3 is 6.03 Å². The number of carbonyl (C=O) groups is 2. The summed E-state index contributed by atoms with van der Waals surface area (Å²) in [6, 6.07) is 1.67. The molecule has 0 spiro atoms. The second-order valence-electron chi connectivity index (χ2n) is 2.97. The summed E-state index contributed by atoms with van der Waals surface area (Å²) in [7, 11) is 0. The third-order valence-corrected chi connectivity index (χ3v) is 1.76. The topological polar surface area (TPSA) is 114 Å². The minimum Gasteiger partial charge on any atom is -0.338 e. The van der Waals surface area contributed by atoms with Crippen LogP contribution in [0.1, 0.15) is 17.4 Å². The quantitative estimate of drug-likeness (QED) is 0.586. The van der Waals surface area contributed by atoms with Crippen molar-refractivity contribution in [3.63, 3.8) is 0 Å². The standard InChI is InChI=1S/C9H10N4O4/c1-2-10-9(15)12-8(14)7-4-3-6(5-11-7)13(16)17/h3-5H,2H2,1H3,(H2,10,12,14,15). The van der Waals surface area contributed by atoms with Gasteiger partial charge in [0, 0.05) is 12.6 Å². The Labute approximate surface area is 96.2 Å². The van der Waals surface area contributed by atoms with Gasteiger partial charge in [0.2, 0.25) is 0 Å². The van der Waals surface area contributed by atoms with Gasteiger partial charge in [-0.3, -0.25) is 20.2 Å². The lowest BCUT2D eigenvalue weighted by molar-refractivity contribution is -0.385. The molecule has 0 atom stereocenters. The first-order valence-corrected chi connectivity index (χ1v) is 4.74. The van der Waals surface area contributed by atoms with Crippen molar-refractivity contribution in [1.82, 2.24) is 15.6 Å². The van der Waals surface area contributed by atoms with Gasteiger partial charge in [-0.1, -0.05) is 0 Å². The molecule has 8 nitrogen and oxygen atoms in total. The van der Waals surface area contributed by atoms with Gasteiger partial charge in [-0.25, -0.2) is 9.78 Å². The van der Waals surface area contributed by atoms with E-state index in [0.29, 0.717) is 6.54 Å². The first kappa shape index (κ1) is 12.6. The number of nitro groups is 1. The monoisotopic (exact) mass is 238 g/mol. The van der Waals surface area contributed by atoms with Crippen molar-refractivity contribution in [3.8, 4) is 0 Å². The summed E-state index contributed by atoms with van der Waals surface area (Å²) in [5.74, 6) is -0.717. The smallest absolute Gasteiger partial charge is 0.321 e. The Morgan fingerprint density at radius 2 is 2.18 bits per heavy atom. The number of hydrogen-bond acceptors (Lipinski definition) is 5. The fourth-order valence-electron chi connectivity index (χ4n) is 1.00. The highest BCUT2D eigenvalue weighted by molar-refractivity contribution is 6.03. The van der Waals surface area contributed by atoms with E-state index in [0.717, 1.165) is 12.3 Å². The number of hydrogen-bond donors (Lipinski definition) is 2. The molecule has 0 saturated carbocycles. The SMILES string of the molecule is CCNC(=O)NC(=O)c1ccc([N+](=O)[O-])cn1. The number of carbonyl (C=O) groups excluding carboxylic acids is 2. The highest BCUT2D eigenvalue weighted by Gasteiger charge is 2.12. The minimum absolute atomic E-state index is 0.0677. The lowest BCUT2D eigenvalue weighted by Crippen LogP contribution is -2.39. The van der Waals surface area contributed by atoms with Crippen molar-refractivity contribution < 1.29 is 14.5 Å². The van der Waals surface area contributed by atoms with Crippen LogP contribution < -0.4 is 10.6 Å². The zero-order valence-electron chi connectivity index (χ0n) is 8.97. The van der Waals surface area contributed by atoms with Gasteiger partial charge in [0.25, 0.3) is 11.6 Å². The van der Waals surface area contributed by atoms with E-state index in [4.69, 9.17) is 0 Å². The van der Waals surface area contributed by atoms with Crippen molar-refractivity contribution in [2.24, 2.45) is 0 Å². The molecule has 0 fully saturated rings. The second kappa shape index (κ2) is 5.54. The summed E-state index contributed by atoms with van der Waals surface area (Å²) in [5.41, 5.74) is -0.290. The lowest BCUT2D eigenvalue weighted by atomic mass is 10.3. The normalized spacial score (nSPS) is 9.47. The van der Waals surface area contributed by atoms with E-state index in [2.05, 4.69) is 10.3 Å². The van der Waals surface area contributed by atoms with E-state index < -0.39 is 16.9 Å². The molecule has 8 heteroatoms. The molecule has 0 aliphatic heterocycles. The Balaban J connectivity index is 2.70. The summed E-state index contributed by atoms with van der Waals surface area (Å²) >= 11 is 0. The summed E-state index contributed by atoms with van der Waals surface area (Å²) in [4.78, 5) is 35.7. The average Bonchev–Trinajstić information content (AvgIpc) is 2.29. The summed E-state index contributed by atoms with van der Waals surface area (Å²) in [5, 5.41) is 14.7. The summed E-state index contributed by atoms with van der Waals surface area (Å²) in [6.07, 6.45) is 0.951. The third-order valence-electron chi connectivity index (χ3n) is 1.76. The summed E-state index contributed by atoms with van der Waals surface area (Å²) < 4.78 is 0. The number of amides is 3. The molecule has 0 unspecified atom stereocenters. The van der Waals surface area contributed by atoms with Crippen molar-refractivity contribution in [1.29, 1.82) is 0 Å². The molecular formula is C9H10N4O4. The molecule has 3 amide bonds. The number of pyridine rings is 1. The second-order valence-corrected chi connectivity index (χ2v) is 2.97. The molecule has 1 rings (SSSR count). The predicted molar refractivity (Wildman–Crippen MR) is 57.4 cm³/mol. The number of imide groups is 1. The van der Waals surface area contributed by atoms with Crippen LogP contribution in [0.25, 0.3) is 0 Å². The van der Waals surface area contributed by atoms with Gasteiger partial charge in [0.1, 0.15) is 11.9 Å². The Kier molecular flexibility index (Phi) is 4.09. The van der Waals surface area contributed by atoms with Crippen LogP contribution in [-0.2, 0) is 0 Å². The molecule has 90 valence electrons. The molecule has 2 N–H and O–H groups in total. The molecule has 0 aliphatic carbocycles. The number of aromatic nitrogens is 1. The van der Waals surface area contributed by atoms with Gasteiger partial charge in [0.05, 0.1) is 4.92 Å². The van der Waals surface area contributed by atoms with Crippen LogP contribution in [0.3, 0.4) is 0 Å². The van der Waals surface area contributed by atoms with Crippen molar-refractivity contribution in [2.45, 2.75) is 6.92 Å². The van der Waals surface area contributed by atoms with Crippen LogP contribution in [0.4, 0.5) is 10.5 Å². The zero-order valence-corrected chi connectivity index (χ0v) is 8.97. The third kappa shape index (κ3) is 3.52. The maximum atomic E-state index is 11.4. The molecule has 1 heterocycles. The number of nitrogens with zero attached hydrogens (tertiary/aromatic N) is 2. The molecule has 0 aromatic carbocycles. The molecule has 0 aliphatic rings. The number of urea groups is 1. The first-order valence-electron chi connectivity index (χ1n) is 4.74. The van der Waals surface area contributed by atoms with Crippen LogP contribution in [0.2, 0.25) is 0 Å². The lowest BCUT2D eigenvalue weighted by Gasteiger charge is -2.03. The Bertz CT molecular complexity index is 443. The van der Waals surface area contributed by atoms with Crippen molar-refractivity contribution in [2.75, 3.05) is 6.54 Å². The maximum Gasteiger partial charge on any atom is 0.321 e. The average molecular weight is 238 g/mol. The van der Waals surface area contributed by atoms with Gasteiger partial charge in [0.15, 0.2) is 0 Å². The van der Waals surface area contributed by atoms with Crippen LogP contribution >= 0.6 is 0 Å². The maximum absolute atomic E-state index is 11.4. The molecule has 0 radical (unpaired) electrons. The fourth-order valence-corrected chi connectivity index (χ4v) is 1.00. The largest absolute Gasteiger partial charge is 0.338 e. The van der Waals surface area contributed by atoms with Gasteiger partial charge < -0.3 is 5.32 Å². The van der Waals surface area contributed by atoms with Crippen LogP contribution in [0.5, 0.6) is 0 Å². The zero-order chi connectivity index (χ0) is 12.8. The Morgan fingerprint density at radius 3 is 2.65 bits per heavy atom. The van der Waals surface area contributed by atoms with E-state index in [1.54, 1.807) is 6.92 Å². The van der Waals surface area contributed by atoms with E-state index in [-0.39, 0.29) is 11.4 Å². The van der Waals surface area contributed by atoms with E-state index >= 15 is 0 Å². The van der Waals surface area contributed by atoms with Crippen LogP contribution in [-0.4, -0.2) is 28.4 Å². The van der Waals surface area contributed by atoms with Crippen LogP contribution in [0.15, 0.2) is 18.3 Å². The van der Waals surface area contributed by atoms with E-state index in [1.807, 2.05) is 5.32 Å². The molecule has 0 saturated heterocycles. The highest BCUT2D eigenvalue weighted by atomic mass is 16.6.